The lowest BCUT2D eigenvalue weighted by molar-refractivity contribution is -0.139. The number of para-hydroxylation sites is 1. The van der Waals surface area contributed by atoms with Crippen molar-refractivity contribution in [2.24, 2.45) is 5.92 Å². The van der Waals surface area contributed by atoms with Gasteiger partial charge in [0.2, 0.25) is 5.91 Å². The maximum atomic E-state index is 13.4. The summed E-state index contributed by atoms with van der Waals surface area (Å²) in [6, 6.07) is 29.9. The Morgan fingerprint density at radius 3 is 1.92 bits per heavy atom. The zero-order valence-electron chi connectivity index (χ0n) is 21.3. The smallest absolute Gasteiger partial charge is 0.225 e. The molecule has 3 aromatic carbocycles. The molecule has 2 fully saturated rings. The van der Waals surface area contributed by atoms with Crippen LogP contribution in [0.1, 0.15) is 35.6 Å². The van der Waals surface area contributed by atoms with Crippen molar-refractivity contribution >= 4 is 5.91 Å². The van der Waals surface area contributed by atoms with Crippen LogP contribution in [0.5, 0.6) is 5.75 Å². The lowest BCUT2D eigenvalue weighted by atomic mass is 9.94. The summed E-state index contributed by atoms with van der Waals surface area (Å²) in [6.45, 7) is 6.19. The standard InChI is InChI=1S/C31H37N3O2/c1-36-29-15-9-8-14-28(29)24-32-18-16-27(17-19-32)31(35)34-22-20-33(21-23-34)30(25-10-4-2-5-11-25)26-12-6-3-7-13-26/h2-15,27,30H,16-24H2,1H3. The number of rotatable bonds is 7. The molecule has 0 unspecified atom stereocenters. The molecule has 0 saturated carbocycles. The second kappa shape index (κ2) is 11.7. The minimum absolute atomic E-state index is 0.143. The molecule has 0 aliphatic carbocycles. The molecule has 0 radical (unpaired) electrons. The molecule has 36 heavy (non-hydrogen) atoms. The van der Waals surface area contributed by atoms with E-state index in [2.05, 4.69) is 87.5 Å². The fraction of sp³-hybridized carbons (Fsp3) is 0.387. The van der Waals surface area contributed by atoms with Gasteiger partial charge in [0.05, 0.1) is 13.2 Å². The average molecular weight is 484 g/mol. The quantitative estimate of drug-likeness (QED) is 0.482. The molecule has 0 N–H and O–H groups in total. The number of piperidine rings is 1. The van der Waals surface area contributed by atoms with Crippen molar-refractivity contribution in [3.8, 4) is 5.75 Å². The largest absolute Gasteiger partial charge is 0.496 e. The molecular weight excluding hydrogens is 446 g/mol. The summed E-state index contributed by atoms with van der Waals surface area (Å²) in [5.74, 6) is 1.44. The number of amides is 1. The number of carbonyl (C=O) groups excluding carboxylic acids is 1. The molecule has 188 valence electrons. The molecule has 2 aliphatic heterocycles. The molecule has 3 aromatic rings. The molecular formula is C31H37N3O2. The molecule has 5 nitrogen and oxygen atoms in total. The number of likely N-dealkylation sites (tertiary alicyclic amines) is 1. The van der Waals surface area contributed by atoms with Gasteiger partial charge in [-0.25, -0.2) is 0 Å². The van der Waals surface area contributed by atoms with Crippen LogP contribution in [0, 0.1) is 5.92 Å². The lowest BCUT2D eigenvalue weighted by Gasteiger charge is -2.41. The molecule has 1 amide bonds. The fourth-order valence-corrected chi connectivity index (χ4v) is 5.76. The number of methoxy groups -OCH3 is 1. The first-order chi connectivity index (χ1) is 17.7. The van der Waals surface area contributed by atoms with E-state index in [0.717, 1.165) is 64.4 Å². The van der Waals surface area contributed by atoms with E-state index in [-0.39, 0.29) is 12.0 Å². The fourth-order valence-electron chi connectivity index (χ4n) is 5.76. The van der Waals surface area contributed by atoms with E-state index < -0.39 is 0 Å². The second-order valence-corrected chi connectivity index (χ2v) is 9.95. The average Bonchev–Trinajstić information content (AvgIpc) is 2.95. The summed E-state index contributed by atoms with van der Waals surface area (Å²) in [5, 5.41) is 0. The van der Waals surface area contributed by atoms with E-state index in [0.29, 0.717) is 5.91 Å². The highest BCUT2D eigenvalue weighted by Crippen LogP contribution is 2.30. The topological polar surface area (TPSA) is 36.0 Å². The van der Waals surface area contributed by atoms with Crippen LogP contribution in [0.3, 0.4) is 0 Å². The molecule has 2 saturated heterocycles. The molecule has 0 atom stereocenters. The van der Waals surface area contributed by atoms with Crippen LogP contribution in [0.4, 0.5) is 0 Å². The number of ether oxygens (including phenoxy) is 1. The highest BCUT2D eigenvalue weighted by atomic mass is 16.5. The van der Waals surface area contributed by atoms with E-state index in [1.165, 1.54) is 16.7 Å². The third-order valence-corrected chi connectivity index (χ3v) is 7.74. The van der Waals surface area contributed by atoms with E-state index in [1.54, 1.807) is 7.11 Å². The van der Waals surface area contributed by atoms with Crippen LogP contribution in [0.2, 0.25) is 0 Å². The van der Waals surface area contributed by atoms with E-state index >= 15 is 0 Å². The number of piperazine rings is 1. The number of carbonyl (C=O) groups is 1. The van der Waals surface area contributed by atoms with Crippen molar-refractivity contribution in [1.29, 1.82) is 0 Å². The van der Waals surface area contributed by atoms with Crippen LogP contribution in [0.15, 0.2) is 84.9 Å². The first-order valence-corrected chi connectivity index (χ1v) is 13.2. The van der Waals surface area contributed by atoms with Crippen molar-refractivity contribution in [2.75, 3.05) is 46.4 Å². The van der Waals surface area contributed by atoms with Crippen LogP contribution in [-0.2, 0) is 11.3 Å². The highest BCUT2D eigenvalue weighted by Gasteiger charge is 2.32. The minimum atomic E-state index is 0.143. The van der Waals surface area contributed by atoms with Crippen LogP contribution < -0.4 is 4.74 Å². The molecule has 0 aromatic heterocycles. The zero-order valence-corrected chi connectivity index (χ0v) is 21.3. The Balaban J connectivity index is 1.16. The Bertz CT molecular complexity index is 1070. The molecule has 5 rings (SSSR count). The second-order valence-electron chi connectivity index (χ2n) is 9.95. The monoisotopic (exact) mass is 483 g/mol. The Morgan fingerprint density at radius 2 is 1.33 bits per heavy atom. The van der Waals surface area contributed by atoms with Crippen molar-refractivity contribution < 1.29 is 9.53 Å². The van der Waals surface area contributed by atoms with Gasteiger partial charge in [-0.05, 0) is 43.1 Å². The lowest BCUT2D eigenvalue weighted by Crippen LogP contribution is -2.52. The Labute approximate surface area is 215 Å². The summed E-state index contributed by atoms with van der Waals surface area (Å²) in [6.07, 6.45) is 1.87. The molecule has 0 bridgehead atoms. The first kappa shape index (κ1) is 24.5. The Morgan fingerprint density at radius 1 is 0.778 bits per heavy atom. The maximum Gasteiger partial charge on any atom is 0.225 e. The molecule has 2 aliphatic rings. The van der Waals surface area contributed by atoms with Crippen LogP contribution in [-0.4, -0.2) is 67.0 Å². The van der Waals surface area contributed by atoms with Gasteiger partial charge in [0.1, 0.15) is 5.75 Å². The molecule has 2 heterocycles. The van der Waals surface area contributed by atoms with Crippen molar-refractivity contribution in [3.63, 3.8) is 0 Å². The molecule has 5 heteroatoms. The number of benzene rings is 3. The van der Waals surface area contributed by atoms with Crippen LogP contribution >= 0.6 is 0 Å². The number of hydrogen-bond donors (Lipinski definition) is 0. The number of nitrogens with zero attached hydrogens (tertiary/aromatic N) is 3. The maximum absolute atomic E-state index is 13.4. The van der Waals surface area contributed by atoms with Crippen LogP contribution in [0.25, 0.3) is 0 Å². The Hall–Kier alpha value is -3.15. The highest BCUT2D eigenvalue weighted by molar-refractivity contribution is 5.79. The molecule has 0 spiro atoms. The summed E-state index contributed by atoms with van der Waals surface area (Å²) in [4.78, 5) is 20.5. The van der Waals surface area contributed by atoms with Gasteiger partial charge in [0, 0.05) is 44.2 Å². The van der Waals surface area contributed by atoms with Gasteiger partial charge in [-0.1, -0.05) is 78.9 Å². The summed E-state index contributed by atoms with van der Waals surface area (Å²) in [5.41, 5.74) is 3.84. The summed E-state index contributed by atoms with van der Waals surface area (Å²) >= 11 is 0. The van der Waals surface area contributed by atoms with E-state index in [9.17, 15) is 4.79 Å². The predicted octanol–water partition coefficient (Wildman–Crippen LogP) is 4.84. The predicted molar refractivity (Wildman–Crippen MR) is 144 cm³/mol. The third kappa shape index (κ3) is 5.63. The van der Waals surface area contributed by atoms with Gasteiger partial charge in [-0.15, -0.1) is 0 Å². The van der Waals surface area contributed by atoms with Crippen molar-refractivity contribution in [2.45, 2.75) is 25.4 Å². The summed E-state index contributed by atoms with van der Waals surface area (Å²) in [7, 11) is 1.73. The summed E-state index contributed by atoms with van der Waals surface area (Å²) < 4.78 is 5.52. The van der Waals surface area contributed by atoms with Crippen molar-refractivity contribution in [3.05, 3.63) is 102 Å². The first-order valence-electron chi connectivity index (χ1n) is 13.2. The van der Waals surface area contributed by atoms with Gasteiger partial charge >= 0.3 is 0 Å². The van der Waals surface area contributed by atoms with Gasteiger partial charge in [0.15, 0.2) is 0 Å². The zero-order chi connectivity index (χ0) is 24.7. The van der Waals surface area contributed by atoms with Gasteiger partial charge in [0.25, 0.3) is 0 Å². The minimum Gasteiger partial charge on any atom is -0.496 e. The van der Waals surface area contributed by atoms with Gasteiger partial charge in [-0.3, -0.25) is 14.6 Å². The number of hydrogen-bond acceptors (Lipinski definition) is 4. The van der Waals surface area contributed by atoms with Crippen molar-refractivity contribution in [1.82, 2.24) is 14.7 Å². The SMILES string of the molecule is COc1ccccc1CN1CCC(C(=O)N2CCN(C(c3ccccc3)c3ccccc3)CC2)CC1. The normalized spacial score (nSPS) is 17.9. The Kier molecular flexibility index (Phi) is 7.99. The van der Waals surface area contributed by atoms with E-state index in [1.807, 2.05) is 12.1 Å². The van der Waals surface area contributed by atoms with Gasteiger partial charge < -0.3 is 9.64 Å². The van der Waals surface area contributed by atoms with Gasteiger partial charge in [-0.2, -0.15) is 0 Å². The third-order valence-electron chi connectivity index (χ3n) is 7.74. The van der Waals surface area contributed by atoms with E-state index in [4.69, 9.17) is 4.74 Å².